The van der Waals surface area contributed by atoms with E-state index in [4.69, 9.17) is 0 Å². The molecule has 0 aliphatic carbocycles. The van der Waals surface area contributed by atoms with Crippen LogP contribution < -0.4 is 5.32 Å². The summed E-state index contributed by atoms with van der Waals surface area (Å²) in [7, 11) is 1.57. The molecule has 1 fully saturated rings. The minimum absolute atomic E-state index is 0.0505. The van der Waals surface area contributed by atoms with Crippen LogP contribution in [0.25, 0.3) is 0 Å². The summed E-state index contributed by atoms with van der Waals surface area (Å²) in [6.07, 6.45) is 0.495. The summed E-state index contributed by atoms with van der Waals surface area (Å²) in [6, 6.07) is 11.7. The number of piperidine rings is 1. The molecule has 4 rings (SSSR count). The van der Waals surface area contributed by atoms with E-state index in [1.807, 2.05) is 18.2 Å². The number of hydrogen-bond donors (Lipinski definition) is 1. The predicted molar refractivity (Wildman–Crippen MR) is 128 cm³/mol. The first-order chi connectivity index (χ1) is 16.5. The Morgan fingerprint density at radius 3 is 2.37 bits per heavy atom. The minimum Gasteiger partial charge on any atom is -0.335 e. The molecule has 2 heterocycles. The van der Waals surface area contributed by atoms with E-state index >= 15 is 0 Å². The lowest BCUT2D eigenvalue weighted by Crippen LogP contribution is -2.52. The molecule has 0 spiro atoms. The molecule has 2 aliphatic rings. The molecule has 2 aromatic rings. The number of likely N-dealkylation sites (N-methyl/N-ethyl adjacent to an activating group) is 1. The fourth-order valence-corrected chi connectivity index (χ4v) is 4.49. The fraction of sp³-hybridized carbons (Fsp3) is 0.370. The Balaban J connectivity index is 1.43. The van der Waals surface area contributed by atoms with E-state index in [1.54, 1.807) is 31.3 Å². The summed E-state index contributed by atoms with van der Waals surface area (Å²) < 4.78 is 0. The topological polar surface area (TPSA) is 104 Å². The summed E-state index contributed by atoms with van der Waals surface area (Å²) in [5.41, 5.74) is 3.40. The van der Waals surface area contributed by atoms with Crippen LogP contribution in [0.4, 0.5) is 0 Å². The first kappa shape index (κ1) is 24.3. The van der Waals surface area contributed by atoms with Gasteiger partial charge in [-0.3, -0.25) is 29.3 Å². The third-order valence-electron chi connectivity index (χ3n) is 6.56. The number of hydrogen-bond acceptors (Lipinski definition) is 5. The molecular weight excluding hydrogens is 446 g/mol. The number of rotatable bonds is 5. The summed E-state index contributed by atoms with van der Waals surface area (Å²) in [5, 5.41) is 2.29. The van der Waals surface area contributed by atoms with Crippen molar-refractivity contribution in [2.24, 2.45) is 0 Å². The zero-order valence-corrected chi connectivity index (χ0v) is 20.4. The molecule has 1 unspecified atom stereocenters. The Hall–Kier alpha value is -3.81. The van der Waals surface area contributed by atoms with Crippen LogP contribution >= 0.6 is 0 Å². The molecule has 182 valence electrons. The van der Waals surface area contributed by atoms with Gasteiger partial charge in [-0.1, -0.05) is 57.2 Å². The lowest BCUT2D eigenvalue weighted by atomic mass is 9.86. The van der Waals surface area contributed by atoms with Gasteiger partial charge in [0.15, 0.2) is 0 Å². The third-order valence-corrected chi connectivity index (χ3v) is 6.56. The van der Waals surface area contributed by atoms with Crippen LogP contribution in [0.5, 0.6) is 0 Å². The fourth-order valence-electron chi connectivity index (χ4n) is 4.49. The van der Waals surface area contributed by atoms with Gasteiger partial charge in [-0.05, 0) is 34.6 Å². The van der Waals surface area contributed by atoms with Crippen molar-refractivity contribution in [3.8, 4) is 0 Å². The van der Waals surface area contributed by atoms with Gasteiger partial charge in [0.2, 0.25) is 17.6 Å². The number of ketones is 1. The van der Waals surface area contributed by atoms with Crippen LogP contribution in [0.2, 0.25) is 0 Å². The Morgan fingerprint density at radius 1 is 1.06 bits per heavy atom. The van der Waals surface area contributed by atoms with Gasteiger partial charge >= 0.3 is 0 Å². The quantitative estimate of drug-likeness (QED) is 0.407. The maximum atomic E-state index is 12.8. The van der Waals surface area contributed by atoms with Gasteiger partial charge in [0.05, 0.1) is 0 Å². The molecule has 0 saturated carbocycles. The Labute approximate surface area is 204 Å². The van der Waals surface area contributed by atoms with Crippen molar-refractivity contribution in [1.82, 2.24) is 15.1 Å². The van der Waals surface area contributed by atoms with Crippen LogP contribution in [0.15, 0.2) is 42.5 Å². The largest absolute Gasteiger partial charge is 0.335 e. The molecule has 2 aliphatic heterocycles. The molecule has 0 radical (unpaired) electrons. The van der Waals surface area contributed by atoms with Crippen LogP contribution in [-0.2, 0) is 32.9 Å². The maximum absolute atomic E-state index is 12.8. The number of carbonyl (C=O) groups excluding carboxylic acids is 5. The number of benzene rings is 2. The standard InChI is InChI=1S/C27H29N3O5/c1-27(2,3)19-8-6-17(7-9-19)23(32)26(35)29(4)14-16-5-10-20-18(13-16)15-30(25(20)34)21-11-12-22(31)28-24(21)33/h5-10,13,21H,11-12,14-15H2,1-4H3,(H,28,31,33). The third kappa shape index (κ3) is 4.87. The Bertz CT molecular complexity index is 1230. The van der Waals surface area contributed by atoms with E-state index in [-0.39, 0.29) is 36.7 Å². The Morgan fingerprint density at radius 2 is 1.74 bits per heavy atom. The highest BCUT2D eigenvalue weighted by Gasteiger charge is 2.39. The van der Waals surface area contributed by atoms with Crippen LogP contribution in [0.3, 0.4) is 0 Å². The van der Waals surface area contributed by atoms with Gasteiger partial charge in [-0.25, -0.2) is 0 Å². The number of nitrogens with zero attached hydrogens (tertiary/aromatic N) is 2. The van der Waals surface area contributed by atoms with Crippen molar-refractivity contribution < 1.29 is 24.0 Å². The van der Waals surface area contributed by atoms with E-state index in [0.717, 1.165) is 16.7 Å². The number of Topliss-reactive ketones (excluding diaryl/α,β-unsaturated/α-hetero) is 1. The van der Waals surface area contributed by atoms with Crippen LogP contribution in [0.1, 0.15) is 71.0 Å². The van der Waals surface area contributed by atoms with Crippen molar-refractivity contribution in [3.05, 3.63) is 70.3 Å². The summed E-state index contributed by atoms with van der Waals surface area (Å²) >= 11 is 0. The number of imide groups is 1. The smallest absolute Gasteiger partial charge is 0.294 e. The first-order valence-corrected chi connectivity index (χ1v) is 11.6. The van der Waals surface area contributed by atoms with Crippen molar-refractivity contribution in [1.29, 1.82) is 0 Å². The molecule has 8 heteroatoms. The summed E-state index contributed by atoms with van der Waals surface area (Å²) in [4.78, 5) is 64.9. The summed E-state index contributed by atoms with van der Waals surface area (Å²) in [6.45, 7) is 6.69. The lowest BCUT2D eigenvalue weighted by Gasteiger charge is -2.29. The van der Waals surface area contributed by atoms with Gasteiger partial charge in [0.1, 0.15) is 6.04 Å². The van der Waals surface area contributed by atoms with E-state index in [0.29, 0.717) is 17.5 Å². The molecule has 1 atom stereocenters. The molecule has 0 bridgehead atoms. The zero-order chi connectivity index (χ0) is 25.5. The van der Waals surface area contributed by atoms with Gasteiger partial charge in [-0.15, -0.1) is 0 Å². The molecule has 0 aromatic heterocycles. The molecule has 1 N–H and O–H groups in total. The molecule has 2 aromatic carbocycles. The molecule has 35 heavy (non-hydrogen) atoms. The minimum atomic E-state index is -0.678. The zero-order valence-electron chi connectivity index (χ0n) is 20.4. The highest BCUT2D eigenvalue weighted by atomic mass is 16.2. The van der Waals surface area contributed by atoms with E-state index in [2.05, 4.69) is 26.1 Å². The van der Waals surface area contributed by atoms with Crippen molar-refractivity contribution in [3.63, 3.8) is 0 Å². The van der Waals surface area contributed by atoms with Crippen molar-refractivity contribution >= 4 is 29.4 Å². The second-order valence-electron chi connectivity index (χ2n) is 10.2. The summed E-state index contributed by atoms with van der Waals surface area (Å²) in [5.74, 6) is -2.23. The SMILES string of the molecule is CN(Cc1ccc2c(c1)CN(C1CCC(=O)NC1=O)C2=O)C(=O)C(=O)c1ccc(C(C)(C)C)cc1. The number of nitrogens with one attached hydrogen (secondary N) is 1. The van der Waals surface area contributed by atoms with Gasteiger partial charge in [0, 0.05) is 37.7 Å². The monoisotopic (exact) mass is 475 g/mol. The van der Waals surface area contributed by atoms with E-state index in [1.165, 1.54) is 9.80 Å². The van der Waals surface area contributed by atoms with Crippen LogP contribution in [0, 0.1) is 0 Å². The maximum Gasteiger partial charge on any atom is 0.294 e. The van der Waals surface area contributed by atoms with E-state index in [9.17, 15) is 24.0 Å². The number of amides is 4. The molecule has 1 saturated heterocycles. The average molecular weight is 476 g/mol. The highest BCUT2D eigenvalue weighted by molar-refractivity contribution is 6.42. The normalized spacial score (nSPS) is 17.8. The highest BCUT2D eigenvalue weighted by Crippen LogP contribution is 2.28. The molecular formula is C27H29N3O5. The Kier molecular flexibility index (Phi) is 6.32. The van der Waals surface area contributed by atoms with Crippen molar-refractivity contribution in [2.45, 2.75) is 58.2 Å². The molecule has 4 amide bonds. The van der Waals surface area contributed by atoms with Gasteiger partial charge in [0.25, 0.3) is 11.8 Å². The van der Waals surface area contributed by atoms with Crippen molar-refractivity contribution in [2.75, 3.05) is 7.05 Å². The van der Waals surface area contributed by atoms with E-state index < -0.39 is 23.6 Å². The lowest BCUT2D eigenvalue weighted by molar-refractivity contribution is -0.137. The second kappa shape index (κ2) is 9.09. The molecule has 8 nitrogen and oxygen atoms in total. The number of carbonyl (C=O) groups is 5. The predicted octanol–water partition coefficient (Wildman–Crippen LogP) is 2.59. The van der Waals surface area contributed by atoms with Gasteiger partial charge < -0.3 is 9.80 Å². The second-order valence-corrected chi connectivity index (χ2v) is 10.2. The van der Waals surface area contributed by atoms with Crippen LogP contribution in [-0.4, -0.2) is 52.3 Å². The average Bonchev–Trinajstić information content (AvgIpc) is 3.13. The number of fused-ring (bicyclic) bond motifs is 1. The first-order valence-electron chi connectivity index (χ1n) is 11.6. The van der Waals surface area contributed by atoms with Gasteiger partial charge in [-0.2, -0.15) is 0 Å².